The minimum Gasteiger partial charge on any atom is -0.409 e. The molecule has 1 heterocycles. The molecule has 0 fully saturated rings. The van der Waals surface area contributed by atoms with Crippen LogP contribution in [0.25, 0.3) is 0 Å². The number of carbonyl (C=O) groups is 1. The van der Waals surface area contributed by atoms with Crippen molar-refractivity contribution >= 4 is 16.1 Å². The molecule has 136 valence electrons. The summed E-state index contributed by atoms with van der Waals surface area (Å²) in [6.45, 7) is 0.376. The van der Waals surface area contributed by atoms with Gasteiger partial charge in [0.2, 0.25) is 10.0 Å². The zero-order valence-electron chi connectivity index (χ0n) is 14.0. The van der Waals surface area contributed by atoms with Gasteiger partial charge in [-0.05, 0) is 17.7 Å². The van der Waals surface area contributed by atoms with E-state index in [9.17, 15) is 13.2 Å². The molecule has 0 saturated carbocycles. The minimum atomic E-state index is -3.80. The monoisotopic (exact) mass is 373 g/mol. The van der Waals surface area contributed by atoms with Crippen LogP contribution in [-0.2, 0) is 21.4 Å². The number of benzene rings is 2. The Bertz CT molecular complexity index is 865. The van der Waals surface area contributed by atoms with Crippen molar-refractivity contribution in [2.45, 2.75) is 12.6 Å². The Balaban J connectivity index is 1.69. The number of rotatable bonds is 5. The third kappa shape index (κ3) is 4.50. The number of sulfonamides is 1. The lowest BCUT2D eigenvalue weighted by Crippen LogP contribution is -2.49. The van der Waals surface area contributed by atoms with E-state index in [1.165, 1.54) is 6.08 Å². The number of para-hydroxylation sites is 1. The molecule has 1 amide bonds. The average Bonchev–Trinajstić information content (AvgIpc) is 2.62. The van der Waals surface area contributed by atoms with Crippen LogP contribution in [0.2, 0.25) is 0 Å². The molecule has 0 spiro atoms. The van der Waals surface area contributed by atoms with Crippen molar-refractivity contribution in [2.75, 3.05) is 12.4 Å². The first kappa shape index (κ1) is 18.2. The molecule has 6 nitrogen and oxygen atoms in total. The van der Waals surface area contributed by atoms with Crippen molar-refractivity contribution in [3.8, 4) is 5.75 Å². The first-order valence-electron chi connectivity index (χ1n) is 8.13. The van der Waals surface area contributed by atoms with Crippen molar-refractivity contribution in [1.29, 1.82) is 0 Å². The molecule has 1 atom stereocenters. The van der Waals surface area contributed by atoms with Gasteiger partial charge in [-0.2, -0.15) is 4.31 Å². The first-order valence-corrected chi connectivity index (χ1v) is 9.74. The van der Waals surface area contributed by atoms with Crippen LogP contribution in [0.15, 0.2) is 72.8 Å². The quantitative estimate of drug-likeness (QED) is 0.754. The number of carbonyl (C=O) groups excluding carboxylic acids is 1. The fraction of sp³-hybridized carbons (Fsp3) is 0.211. The van der Waals surface area contributed by atoms with Gasteiger partial charge in [0.15, 0.2) is 0 Å². The van der Waals surface area contributed by atoms with Gasteiger partial charge in [-0.25, -0.2) is 13.2 Å². The van der Waals surface area contributed by atoms with Crippen LogP contribution in [0.4, 0.5) is 4.79 Å². The second kappa shape index (κ2) is 8.16. The molecule has 1 aliphatic heterocycles. The summed E-state index contributed by atoms with van der Waals surface area (Å²) in [6, 6.07) is 17.1. The summed E-state index contributed by atoms with van der Waals surface area (Å²) < 4.78 is 36.3. The highest BCUT2D eigenvalue weighted by atomic mass is 32.2. The predicted octanol–water partition coefficient (Wildman–Crippen LogP) is 2.97. The molecule has 0 bridgehead atoms. The largest absolute Gasteiger partial charge is 0.429 e. The highest BCUT2D eigenvalue weighted by molar-refractivity contribution is 7.89. The van der Waals surface area contributed by atoms with Crippen LogP contribution >= 0.6 is 0 Å². The fourth-order valence-electron chi connectivity index (χ4n) is 2.58. The van der Waals surface area contributed by atoms with Crippen molar-refractivity contribution < 1.29 is 22.7 Å². The molecule has 0 aromatic heterocycles. The van der Waals surface area contributed by atoms with Gasteiger partial charge < -0.3 is 9.47 Å². The lowest BCUT2D eigenvalue weighted by Gasteiger charge is -2.30. The van der Waals surface area contributed by atoms with E-state index >= 15 is 0 Å². The highest BCUT2D eigenvalue weighted by Gasteiger charge is 2.37. The lowest BCUT2D eigenvalue weighted by molar-refractivity contribution is 0.0880. The summed E-state index contributed by atoms with van der Waals surface area (Å²) >= 11 is 0. The van der Waals surface area contributed by atoms with Crippen molar-refractivity contribution in [2.24, 2.45) is 0 Å². The van der Waals surface area contributed by atoms with Crippen LogP contribution in [0.5, 0.6) is 5.75 Å². The van der Waals surface area contributed by atoms with Crippen LogP contribution in [0, 0.1) is 0 Å². The topological polar surface area (TPSA) is 72.9 Å². The van der Waals surface area contributed by atoms with E-state index < -0.39 is 22.2 Å². The van der Waals surface area contributed by atoms with Crippen molar-refractivity contribution in [1.82, 2.24) is 4.31 Å². The maximum absolute atomic E-state index is 12.5. The van der Waals surface area contributed by atoms with E-state index in [4.69, 9.17) is 9.47 Å². The molecule has 0 N–H and O–H groups in total. The second-order valence-corrected chi connectivity index (χ2v) is 7.64. The normalized spacial score (nSPS) is 18.5. The van der Waals surface area contributed by atoms with Gasteiger partial charge in [-0.3, -0.25) is 0 Å². The molecule has 3 rings (SSSR count). The van der Waals surface area contributed by atoms with Crippen LogP contribution in [0.3, 0.4) is 0 Å². The second-order valence-electron chi connectivity index (χ2n) is 5.75. The van der Waals surface area contributed by atoms with E-state index in [1.54, 1.807) is 36.4 Å². The number of amides is 1. The Kier molecular flexibility index (Phi) is 5.70. The maximum Gasteiger partial charge on any atom is 0.429 e. The third-order valence-corrected chi connectivity index (χ3v) is 5.43. The fourth-order valence-corrected chi connectivity index (χ4v) is 3.90. The molecule has 1 aliphatic rings. The Morgan fingerprint density at radius 2 is 1.69 bits per heavy atom. The van der Waals surface area contributed by atoms with Gasteiger partial charge in [0.05, 0.1) is 25.0 Å². The van der Waals surface area contributed by atoms with E-state index in [0.717, 1.165) is 9.87 Å². The van der Waals surface area contributed by atoms with Gasteiger partial charge in [-0.1, -0.05) is 60.7 Å². The van der Waals surface area contributed by atoms with E-state index in [2.05, 4.69) is 0 Å². The van der Waals surface area contributed by atoms with E-state index in [-0.39, 0.29) is 18.1 Å². The Morgan fingerprint density at radius 3 is 2.38 bits per heavy atom. The molecule has 7 heteroatoms. The maximum atomic E-state index is 12.5. The molecule has 0 radical (unpaired) electrons. The zero-order valence-corrected chi connectivity index (χ0v) is 14.8. The number of ether oxygens (including phenoxy) is 2. The Labute approximate surface area is 152 Å². The van der Waals surface area contributed by atoms with E-state index in [1.807, 2.05) is 30.3 Å². The summed E-state index contributed by atoms with van der Waals surface area (Å²) in [4.78, 5) is 12.5. The lowest BCUT2D eigenvalue weighted by atomic mass is 10.2. The van der Waals surface area contributed by atoms with Gasteiger partial charge in [0.25, 0.3) is 0 Å². The van der Waals surface area contributed by atoms with Crippen molar-refractivity contribution in [3.05, 3.63) is 78.4 Å². The molecule has 0 unspecified atom stereocenters. The van der Waals surface area contributed by atoms with Crippen LogP contribution < -0.4 is 4.74 Å². The Hall–Kier alpha value is -2.64. The van der Waals surface area contributed by atoms with E-state index in [0.29, 0.717) is 6.61 Å². The predicted molar refractivity (Wildman–Crippen MR) is 97.1 cm³/mol. The molecular weight excluding hydrogens is 354 g/mol. The first-order chi connectivity index (χ1) is 12.6. The molecule has 0 aliphatic carbocycles. The average molecular weight is 373 g/mol. The molecular formula is C19H19NO5S. The zero-order chi connectivity index (χ0) is 18.4. The third-order valence-electron chi connectivity index (χ3n) is 3.79. The highest BCUT2D eigenvalue weighted by Crippen LogP contribution is 2.20. The molecule has 2 aromatic carbocycles. The number of hydrogen-bond donors (Lipinski definition) is 0. The number of nitrogens with zero attached hydrogens (tertiary/aromatic N) is 1. The van der Waals surface area contributed by atoms with Crippen LogP contribution in [0.1, 0.15) is 5.56 Å². The molecule has 26 heavy (non-hydrogen) atoms. The van der Waals surface area contributed by atoms with Gasteiger partial charge in [-0.15, -0.1) is 0 Å². The number of hydrogen-bond acceptors (Lipinski definition) is 5. The van der Waals surface area contributed by atoms with Gasteiger partial charge in [0, 0.05) is 0 Å². The SMILES string of the molecule is O=C(Oc1ccccc1)N1[C@H](COCc2ccccc2)C=CCS1(=O)=O. The standard InChI is InChI=1S/C19H19NO5S/c21-19(25-18-11-5-2-6-12-18)20-17(10-7-13-26(20,22)23)15-24-14-16-8-3-1-4-9-16/h1-12,17H,13-15H2/t17-/m0/s1. The van der Waals surface area contributed by atoms with Crippen LogP contribution in [-0.4, -0.2) is 37.2 Å². The van der Waals surface area contributed by atoms with Gasteiger partial charge >= 0.3 is 6.09 Å². The molecule has 2 aromatic rings. The summed E-state index contributed by atoms with van der Waals surface area (Å²) in [5.74, 6) is 0.0396. The van der Waals surface area contributed by atoms with Gasteiger partial charge in [0.1, 0.15) is 5.75 Å². The summed E-state index contributed by atoms with van der Waals surface area (Å²) in [6.07, 6.45) is 2.24. The molecule has 0 saturated heterocycles. The Morgan fingerprint density at radius 1 is 1.04 bits per heavy atom. The smallest absolute Gasteiger partial charge is 0.409 e. The summed E-state index contributed by atoms with van der Waals surface area (Å²) in [7, 11) is -3.80. The summed E-state index contributed by atoms with van der Waals surface area (Å²) in [5.41, 5.74) is 0.966. The minimum absolute atomic E-state index is 0.0501. The van der Waals surface area contributed by atoms with Crippen molar-refractivity contribution in [3.63, 3.8) is 0 Å². The summed E-state index contributed by atoms with van der Waals surface area (Å²) in [5, 5.41) is 0.